The minimum absolute atomic E-state index is 0.167. The molecule has 1 fully saturated rings. The maximum Gasteiger partial charge on any atom is 0.308 e. The van der Waals surface area contributed by atoms with Gasteiger partial charge in [-0.3, -0.25) is 9.59 Å². The van der Waals surface area contributed by atoms with E-state index in [1.54, 1.807) is 6.20 Å². The molecule has 0 aliphatic heterocycles. The molecule has 2 atom stereocenters. The van der Waals surface area contributed by atoms with E-state index in [0.717, 1.165) is 18.4 Å². The Hall–Kier alpha value is -2.63. The highest BCUT2D eigenvalue weighted by Crippen LogP contribution is 2.34. The minimum atomic E-state index is -0.840. The second-order valence-electron chi connectivity index (χ2n) is 7.09. The molecule has 0 bridgehead atoms. The highest BCUT2D eigenvalue weighted by Gasteiger charge is 2.42. The summed E-state index contributed by atoms with van der Waals surface area (Å²) >= 11 is 0. The van der Waals surface area contributed by atoms with Gasteiger partial charge in [0, 0.05) is 18.4 Å². The van der Waals surface area contributed by atoms with Gasteiger partial charge in [0.2, 0.25) is 5.91 Å². The van der Waals surface area contributed by atoms with Crippen LogP contribution in [0.2, 0.25) is 0 Å². The van der Waals surface area contributed by atoms with E-state index in [1.807, 2.05) is 37.3 Å². The first-order valence-electron chi connectivity index (χ1n) is 9.02. The van der Waals surface area contributed by atoms with Crippen molar-refractivity contribution in [1.82, 2.24) is 10.3 Å². The first-order chi connectivity index (χ1) is 12.5. The number of aryl methyl sites for hydroxylation is 1. The summed E-state index contributed by atoms with van der Waals surface area (Å²) in [7, 11) is 0. The Morgan fingerprint density at radius 1 is 1.31 bits per heavy atom. The van der Waals surface area contributed by atoms with Crippen LogP contribution in [0.1, 0.15) is 44.9 Å². The molecule has 2 aromatic rings. The third kappa shape index (κ3) is 4.12. The SMILES string of the molecule is CC1(NC(=O)CCc2ncc(-c3ccccc3)o2)CCCCC1C(=O)O. The molecule has 0 spiro atoms. The molecular formula is C20H24N2O4. The number of carboxylic acid groups (broad SMARTS) is 1. The van der Waals surface area contributed by atoms with Gasteiger partial charge in [0.25, 0.3) is 0 Å². The lowest BCUT2D eigenvalue weighted by Crippen LogP contribution is -2.55. The molecule has 0 saturated heterocycles. The molecule has 2 N–H and O–H groups in total. The molecule has 6 heteroatoms. The number of aromatic nitrogens is 1. The zero-order chi connectivity index (χ0) is 18.6. The number of hydrogen-bond acceptors (Lipinski definition) is 4. The van der Waals surface area contributed by atoms with E-state index < -0.39 is 17.4 Å². The van der Waals surface area contributed by atoms with Crippen LogP contribution in [0.3, 0.4) is 0 Å². The Labute approximate surface area is 152 Å². The summed E-state index contributed by atoms with van der Waals surface area (Å²) in [5.41, 5.74) is 0.252. The van der Waals surface area contributed by atoms with Crippen molar-refractivity contribution < 1.29 is 19.1 Å². The zero-order valence-corrected chi connectivity index (χ0v) is 14.9. The largest absolute Gasteiger partial charge is 0.481 e. The van der Waals surface area contributed by atoms with Crippen LogP contribution >= 0.6 is 0 Å². The average Bonchev–Trinajstić information content (AvgIpc) is 3.09. The number of nitrogens with zero attached hydrogens (tertiary/aromatic N) is 1. The van der Waals surface area contributed by atoms with Crippen LogP contribution in [-0.4, -0.2) is 27.5 Å². The number of hydrogen-bond donors (Lipinski definition) is 2. The monoisotopic (exact) mass is 356 g/mol. The van der Waals surface area contributed by atoms with E-state index >= 15 is 0 Å². The van der Waals surface area contributed by atoms with Gasteiger partial charge in [-0.2, -0.15) is 0 Å². The third-order valence-electron chi connectivity index (χ3n) is 5.11. The molecule has 1 aliphatic carbocycles. The number of carbonyl (C=O) groups is 2. The second kappa shape index (κ2) is 7.72. The molecule has 1 aromatic heterocycles. The molecule has 26 heavy (non-hydrogen) atoms. The fraction of sp³-hybridized carbons (Fsp3) is 0.450. The summed E-state index contributed by atoms with van der Waals surface area (Å²) in [4.78, 5) is 28.1. The molecule has 3 rings (SSSR count). The van der Waals surface area contributed by atoms with Crippen LogP contribution in [0.4, 0.5) is 0 Å². The lowest BCUT2D eigenvalue weighted by atomic mass is 9.74. The number of nitrogens with one attached hydrogen (secondary N) is 1. The van der Waals surface area contributed by atoms with Gasteiger partial charge in [-0.15, -0.1) is 0 Å². The van der Waals surface area contributed by atoms with Crippen molar-refractivity contribution in [3.8, 4) is 11.3 Å². The second-order valence-corrected chi connectivity index (χ2v) is 7.09. The van der Waals surface area contributed by atoms with Crippen LogP contribution in [0.25, 0.3) is 11.3 Å². The number of oxazole rings is 1. The van der Waals surface area contributed by atoms with Gasteiger partial charge in [-0.05, 0) is 19.8 Å². The number of carbonyl (C=O) groups excluding carboxylic acids is 1. The highest BCUT2D eigenvalue weighted by molar-refractivity contribution is 5.79. The standard InChI is InChI=1S/C20H24N2O4/c1-20(12-6-5-9-15(20)19(24)25)22-17(23)10-11-18-21-13-16(26-18)14-7-3-2-4-8-14/h2-4,7-8,13,15H,5-6,9-12H2,1H3,(H,22,23)(H,24,25). The molecule has 1 aliphatic rings. The fourth-order valence-corrected chi connectivity index (χ4v) is 3.64. The van der Waals surface area contributed by atoms with E-state index in [9.17, 15) is 14.7 Å². The predicted molar refractivity (Wildman–Crippen MR) is 96.4 cm³/mol. The van der Waals surface area contributed by atoms with E-state index in [1.165, 1.54) is 0 Å². The summed E-state index contributed by atoms with van der Waals surface area (Å²) in [6.45, 7) is 1.83. The van der Waals surface area contributed by atoms with Gasteiger partial charge in [0.15, 0.2) is 11.7 Å². The van der Waals surface area contributed by atoms with Crippen LogP contribution in [-0.2, 0) is 16.0 Å². The normalized spacial score (nSPS) is 22.7. The van der Waals surface area contributed by atoms with Crippen LogP contribution in [0.15, 0.2) is 40.9 Å². The summed E-state index contributed by atoms with van der Waals surface area (Å²) < 4.78 is 5.71. The third-order valence-corrected chi connectivity index (χ3v) is 5.11. The Morgan fingerprint density at radius 3 is 2.81 bits per heavy atom. The molecular weight excluding hydrogens is 332 g/mol. The van der Waals surface area contributed by atoms with Crippen molar-refractivity contribution in [2.75, 3.05) is 0 Å². The molecule has 0 radical (unpaired) electrons. The van der Waals surface area contributed by atoms with Crippen LogP contribution < -0.4 is 5.32 Å². The summed E-state index contributed by atoms with van der Waals surface area (Å²) in [5.74, 6) is -0.367. The van der Waals surface area contributed by atoms with Crippen LogP contribution in [0, 0.1) is 5.92 Å². The number of benzene rings is 1. The lowest BCUT2D eigenvalue weighted by Gasteiger charge is -2.39. The smallest absolute Gasteiger partial charge is 0.308 e. The van der Waals surface area contributed by atoms with E-state index in [0.29, 0.717) is 30.9 Å². The van der Waals surface area contributed by atoms with Gasteiger partial charge in [0.1, 0.15) is 0 Å². The van der Waals surface area contributed by atoms with Gasteiger partial charge >= 0.3 is 5.97 Å². The van der Waals surface area contributed by atoms with Gasteiger partial charge in [0.05, 0.1) is 17.7 Å². The van der Waals surface area contributed by atoms with Crippen molar-refractivity contribution in [2.24, 2.45) is 5.92 Å². The predicted octanol–water partition coefficient (Wildman–Crippen LogP) is 3.42. The van der Waals surface area contributed by atoms with Crippen molar-refractivity contribution in [1.29, 1.82) is 0 Å². The summed E-state index contributed by atoms with van der Waals surface area (Å²) in [6.07, 6.45) is 5.37. The topological polar surface area (TPSA) is 92.4 Å². The number of amides is 1. The molecule has 1 heterocycles. The number of carboxylic acids is 1. The van der Waals surface area contributed by atoms with Gasteiger partial charge in [-0.1, -0.05) is 43.2 Å². The highest BCUT2D eigenvalue weighted by atomic mass is 16.4. The molecule has 138 valence electrons. The molecule has 2 unspecified atom stereocenters. The van der Waals surface area contributed by atoms with Crippen LogP contribution in [0.5, 0.6) is 0 Å². The van der Waals surface area contributed by atoms with E-state index in [-0.39, 0.29) is 12.3 Å². The Morgan fingerprint density at radius 2 is 2.08 bits per heavy atom. The van der Waals surface area contributed by atoms with E-state index in [4.69, 9.17) is 4.42 Å². The molecule has 1 saturated carbocycles. The van der Waals surface area contributed by atoms with Crippen molar-refractivity contribution in [3.63, 3.8) is 0 Å². The molecule has 1 amide bonds. The molecule has 1 aromatic carbocycles. The fourth-order valence-electron chi connectivity index (χ4n) is 3.64. The average molecular weight is 356 g/mol. The maximum atomic E-state index is 12.4. The Balaban J connectivity index is 1.57. The zero-order valence-electron chi connectivity index (χ0n) is 14.9. The molecule has 6 nitrogen and oxygen atoms in total. The quantitative estimate of drug-likeness (QED) is 0.827. The minimum Gasteiger partial charge on any atom is -0.481 e. The lowest BCUT2D eigenvalue weighted by molar-refractivity contribution is -0.146. The van der Waals surface area contributed by atoms with Gasteiger partial charge in [-0.25, -0.2) is 4.98 Å². The Bertz CT molecular complexity index is 771. The summed E-state index contributed by atoms with van der Waals surface area (Å²) in [5, 5.41) is 12.4. The maximum absolute atomic E-state index is 12.4. The van der Waals surface area contributed by atoms with Crippen molar-refractivity contribution >= 4 is 11.9 Å². The first kappa shape index (κ1) is 18.2. The Kier molecular flexibility index (Phi) is 5.40. The van der Waals surface area contributed by atoms with Crippen molar-refractivity contribution in [2.45, 2.75) is 51.0 Å². The number of aliphatic carboxylic acids is 1. The number of rotatable bonds is 6. The summed E-state index contributed by atoms with van der Waals surface area (Å²) in [6, 6.07) is 9.66. The van der Waals surface area contributed by atoms with E-state index in [2.05, 4.69) is 10.3 Å². The first-order valence-corrected chi connectivity index (χ1v) is 9.02. The van der Waals surface area contributed by atoms with Crippen molar-refractivity contribution in [3.05, 3.63) is 42.4 Å². The van der Waals surface area contributed by atoms with Gasteiger partial charge < -0.3 is 14.8 Å².